The molecule has 0 aliphatic carbocycles. The Morgan fingerprint density at radius 2 is 2.05 bits per heavy atom. The Morgan fingerprint density at radius 3 is 2.86 bits per heavy atom. The first-order chi connectivity index (χ1) is 10.1. The van der Waals surface area contributed by atoms with Gasteiger partial charge in [0.25, 0.3) is 0 Å². The van der Waals surface area contributed by atoms with Crippen molar-refractivity contribution in [2.45, 2.75) is 25.8 Å². The average Bonchev–Trinajstić information content (AvgIpc) is 2.47. The second-order valence-electron chi connectivity index (χ2n) is 5.44. The van der Waals surface area contributed by atoms with Crippen LogP contribution >= 0.6 is 0 Å². The first-order valence-corrected chi connectivity index (χ1v) is 7.19. The molecular formula is C17H19N3O. The van der Waals surface area contributed by atoms with Gasteiger partial charge in [0, 0.05) is 23.1 Å². The van der Waals surface area contributed by atoms with Gasteiger partial charge in [0.05, 0.1) is 0 Å². The van der Waals surface area contributed by atoms with Gasteiger partial charge in [0.1, 0.15) is 0 Å². The second-order valence-corrected chi connectivity index (χ2v) is 5.44. The Bertz CT molecular complexity index is 669. The number of hydrogen-bond acceptors (Lipinski definition) is 2. The van der Waals surface area contributed by atoms with Crippen LogP contribution in [0.2, 0.25) is 0 Å². The molecule has 0 fully saturated rings. The Kier molecular flexibility index (Phi) is 3.52. The zero-order valence-corrected chi connectivity index (χ0v) is 12.0. The number of para-hydroxylation sites is 1. The molecule has 1 aliphatic heterocycles. The molecule has 0 radical (unpaired) electrons. The number of nitrogens with two attached hydrogens (primary N) is 1. The molecular weight excluding hydrogens is 262 g/mol. The maximum atomic E-state index is 12.6. The lowest BCUT2D eigenvalue weighted by atomic mass is 9.97. The van der Waals surface area contributed by atoms with Gasteiger partial charge in [-0.2, -0.15) is 0 Å². The molecule has 2 aromatic carbocycles. The van der Waals surface area contributed by atoms with Crippen LogP contribution in [0.25, 0.3) is 0 Å². The lowest BCUT2D eigenvalue weighted by molar-refractivity contribution is 0.254. The van der Waals surface area contributed by atoms with Crippen molar-refractivity contribution in [3.05, 3.63) is 54.1 Å². The number of carbonyl (C=O) groups excluding carboxylic acids is 1. The molecule has 3 N–H and O–H groups in total. The van der Waals surface area contributed by atoms with Gasteiger partial charge in [-0.15, -0.1) is 0 Å². The summed E-state index contributed by atoms with van der Waals surface area (Å²) in [4.78, 5) is 14.5. The Hall–Kier alpha value is -2.49. The summed E-state index contributed by atoms with van der Waals surface area (Å²) in [5.41, 5.74) is 9.33. The van der Waals surface area contributed by atoms with Crippen LogP contribution in [0, 0.1) is 0 Å². The SMILES string of the molecule is CC1CCc2ccccc2N1C(=O)Nc1cccc(N)c1. The normalized spacial score (nSPS) is 17.2. The number of anilines is 3. The predicted octanol–water partition coefficient (Wildman–Crippen LogP) is 3.64. The van der Waals surface area contributed by atoms with Crippen molar-refractivity contribution in [3.63, 3.8) is 0 Å². The van der Waals surface area contributed by atoms with E-state index in [1.807, 2.05) is 35.2 Å². The van der Waals surface area contributed by atoms with E-state index < -0.39 is 0 Å². The minimum atomic E-state index is -0.111. The first kappa shape index (κ1) is 13.5. The third kappa shape index (κ3) is 2.70. The number of carbonyl (C=O) groups is 1. The topological polar surface area (TPSA) is 58.4 Å². The van der Waals surface area contributed by atoms with Crippen molar-refractivity contribution in [1.29, 1.82) is 0 Å². The van der Waals surface area contributed by atoms with Crippen LogP contribution < -0.4 is 16.0 Å². The van der Waals surface area contributed by atoms with E-state index in [4.69, 9.17) is 5.73 Å². The van der Waals surface area contributed by atoms with Crippen molar-refractivity contribution in [2.24, 2.45) is 0 Å². The number of aryl methyl sites for hydroxylation is 1. The molecule has 1 heterocycles. The Balaban J connectivity index is 1.87. The van der Waals surface area contributed by atoms with E-state index in [1.165, 1.54) is 5.56 Å². The molecule has 0 saturated carbocycles. The van der Waals surface area contributed by atoms with E-state index in [-0.39, 0.29) is 12.1 Å². The third-order valence-electron chi connectivity index (χ3n) is 3.88. The van der Waals surface area contributed by atoms with Gasteiger partial charge < -0.3 is 11.1 Å². The number of fused-ring (bicyclic) bond motifs is 1. The fraction of sp³-hybridized carbons (Fsp3) is 0.235. The number of rotatable bonds is 1. The van der Waals surface area contributed by atoms with Crippen molar-refractivity contribution >= 4 is 23.1 Å². The van der Waals surface area contributed by atoms with Crippen LogP contribution in [0.1, 0.15) is 18.9 Å². The summed E-state index contributed by atoms with van der Waals surface area (Å²) in [7, 11) is 0. The van der Waals surface area contributed by atoms with Crippen LogP contribution in [0.3, 0.4) is 0 Å². The standard InChI is InChI=1S/C17H19N3O/c1-12-9-10-13-5-2-3-8-16(13)20(12)17(21)19-15-7-4-6-14(18)11-15/h2-8,11-12H,9-10,18H2,1H3,(H,19,21). The molecule has 0 aromatic heterocycles. The van der Waals surface area contributed by atoms with Crippen molar-refractivity contribution < 1.29 is 4.79 Å². The highest BCUT2D eigenvalue weighted by Crippen LogP contribution is 2.31. The monoisotopic (exact) mass is 281 g/mol. The number of nitrogens with zero attached hydrogens (tertiary/aromatic N) is 1. The minimum absolute atomic E-state index is 0.111. The fourth-order valence-electron chi connectivity index (χ4n) is 2.80. The van der Waals surface area contributed by atoms with Crippen molar-refractivity contribution in [2.75, 3.05) is 16.0 Å². The molecule has 3 rings (SSSR count). The molecule has 4 nitrogen and oxygen atoms in total. The lowest BCUT2D eigenvalue weighted by Gasteiger charge is -2.35. The molecule has 2 amide bonds. The summed E-state index contributed by atoms with van der Waals surface area (Å²) in [6, 6.07) is 15.4. The quantitative estimate of drug-likeness (QED) is 0.784. The Labute approximate surface area is 124 Å². The van der Waals surface area contributed by atoms with Crippen molar-refractivity contribution in [3.8, 4) is 0 Å². The van der Waals surface area contributed by atoms with Crippen LogP contribution in [0.5, 0.6) is 0 Å². The lowest BCUT2D eigenvalue weighted by Crippen LogP contribution is -2.44. The Morgan fingerprint density at radius 1 is 1.24 bits per heavy atom. The first-order valence-electron chi connectivity index (χ1n) is 7.19. The van der Waals surface area contributed by atoms with E-state index in [0.717, 1.165) is 24.2 Å². The molecule has 21 heavy (non-hydrogen) atoms. The summed E-state index contributed by atoms with van der Waals surface area (Å²) < 4.78 is 0. The van der Waals surface area contributed by atoms with Crippen LogP contribution in [0.4, 0.5) is 21.9 Å². The predicted molar refractivity (Wildman–Crippen MR) is 86.6 cm³/mol. The number of amides is 2. The molecule has 2 aromatic rings. The summed E-state index contributed by atoms with van der Waals surface area (Å²) in [5.74, 6) is 0. The van der Waals surface area contributed by atoms with Gasteiger partial charge in [-0.3, -0.25) is 4.90 Å². The summed E-state index contributed by atoms with van der Waals surface area (Å²) in [6.07, 6.45) is 1.99. The van der Waals surface area contributed by atoms with Gasteiger partial charge in [0.15, 0.2) is 0 Å². The van der Waals surface area contributed by atoms with E-state index in [1.54, 1.807) is 12.1 Å². The molecule has 0 saturated heterocycles. The van der Waals surface area contributed by atoms with Crippen LogP contribution in [-0.4, -0.2) is 12.1 Å². The molecule has 1 aliphatic rings. The fourth-order valence-corrected chi connectivity index (χ4v) is 2.80. The van der Waals surface area contributed by atoms with Gasteiger partial charge in [0.2, 0.25) is 0 Å². The number of benzene rings is 2. The highest BCUT2D eigenvalue weighted by atomic mass is 16.2. The molecule has 4 heteroatoms. The second kappa shape index (κ2) is 5.48. The number of nitrogen functional groups attached to an aromatic ring is 1. The van der Waals surface area contributed by atoms with Gasteiger partial charge >= 0.3 is 6.03 Å². The van der Waals surface area contributed by atoms with E-state index in [9.17, 15) is 4.79 Å². The van der Waals surface area contributed by atoms with Gasteiger partial charge in [-0.25, -0.2) is 4.79 Å². The molecule has 1 atom stereocenters. The minimum Gasteiger partial charge on any atom is -0.399 e. The maximum absolute atomic E-state index is 12.6. The molecule has 0 spiro atoms. The smallest absolute Gasteiger partial charge is 0.326 e. The van der Waals surface area contributed by atoms with Gasteiger partial charge in [-0.1, -0.05) is 24.3 Å². The highest BCUT2D eigenvalue weighted by Gasteiger charge is 2.27. The maximum Gasteiger partial charge on any atom is 0.326 e. The highest BCUT2D eigenvalue weighted by molar-refractivity contribution is 6.03. The number of urea groups is 1. The largest absolute Gasteiger partial charge is 0.399 e. The van der Waals surface area contributed by atoms with E-state index in [2.05, 4.69) is 18.3 Å². The van der Waals surface area contributed by atoms with Crippen LogP contribution in [-0.2, 0) is 6.42 Å². The zero-order chi connectivity index (χ0) is 14.8. The van der Waals surface area contributed by atoms with Crippen molar-refractivity contribution in [1.82, 2.24) is 0 Å². The molecule has 108 valence electrons. The van der Waals surface area contributed by atoms with E-state index >= 15 is 0 Å². The average molecular weight is 281 g/mol. The zero-order valence-electron chi connectivity index (χ0n) is 12.0. The number of nitrogens with one attached hydrogen (secondary N) is 1. The van der Waals surface area contributed by atoms with Crippen LogP contribution in [0.15, 0.2) is 48.5 Å². The number of hydrogen-bond donors (Lipinski definition) is 2. The molecule has 1 unspecified atom stereocenters. The summed E-state index contributed by atoms with van der Waals surface area (Å²) in [6.45, 7) is 2.08. The molecule has 0 bridgehead atoms. The summed E-state index contributed by atoms with van der Waals surface area (Å²) >= 11 is 0. The van der Waals surface area contributed by atoms with Gasteiger partial charge in [-0.05, 0) is 49.6 Å². The summed E-state index contributed by atoms with van der Waals surface area (Å²) in [5, 5.41) is 2.93. The third-order valence-corrected chi connectivity index (χ3v) is 3.88. The van der Waals surface area contributed by atoms with E-state index in [0.29, 0.717) is 5.69 Å².